The normalized spacial score (nSPS) is 11.2. The predicted molar refractivity (Wildman–Crippen MR) is 118 cm³/mol. The lowest BCUT2D eigenvalue weighted by Gasteiger charge is -2.21. The minimum atomic E-state index is -1.66. The maximum Gasteiger partial charge on any atom is 0.489 e. The van der Waals surface area contributed by atoms with Crippen LogP contribution in [0.25, 0.3) is 32.7 Å². The van der Waals surface area contributed by atoms with E-state index in [4.69, 9.17) is 0 Å². The molecule has 5 nitrogen and oxygen atoms in total. The van der Waals surface area contributed by atoms with E-state index in [0.717, 1.165) is 16.3 Å². The summed E-state index contributed by atoms with van der Waals surface area (Å²) >= 11 is 0. The zero-order chi connectivity index (χ0) is 20.2. The molecule has 0 spiro atoms. The lowest BCUT2D eigenvalue weighted by atomic mass is 9.69. The molecule has 0 aliphatic rings. The van der Waals surface area contributed by atoms with Crippen molar-refractivity contribution in [3.8, 4) is 28.4 Å². The molecule has 0 aliphatic heterocycles. The summed E-state index contributed by atoms with van der Waals surface area (Å²) in [6.07, 6.45) is 0. The van der Waals surface area contributed by atoms with Gasteiger partial charge in [-0.25, -0.2) is 0 Å². The van der Waals surface area contributed by atoms with Crippen molar-refractivity contribution in [2.75, 3.05) is 0 Å². The Labute approximate surface area is 163 Å². The molecule has 28 heavy (non-hydrogen) atoms. The Kier molecular flexibility index (Phi) is 4.25. The van der Waals surface area contributed by atoms with Crippen molar-refractivity contribution in [1.82, 2.24) is 0 Å². The molecule has 4 aromatic rings. The number of hydrogen-bond donors (Lipinski definition) is 5. The van der Waals surface area contributed by atoms with Crippen molar-refractivity contribution in [2.45, 2.75) is 0 Å². The Hall–Kier alpha value is -3.09. The molecule has 0 heterocycles. The van der Waals surface area contributed by atoms with E-state index in [-0.39, 0.29) is 11.5 Å². The zero-order valence-electron chi connectivity index (χ0n) is 15.4. The lowest BCUT2D eigenvalue weighted by molar-refractivity contribution is 0.372. The highest BCUT2D eigenvalue weighted by Crippen LogP contribution is 2.39. The van der Waals surface area contributed by atoms with Gasteiger partial charge in [-0.2, -0.15) is 0 Å². The summed E-state index contributed by atoms with van der Waals surface area (Å²) in [6.45, 7) is 0. The number of hydrogen-bond acceptors (Lipinski definition) is 5. The van der Waals surface area contributed by atoms with Gasteiger partial charge in [0.25, 0.3) is 0 Å². The number of phenols is 3. The second kappa shape index (κ2) is 6.51. The van der Waals surface area contributed by atoms with Gasteiger partial charge in [-0.05, 0) is 49.1 Å². The first-order chi connectivity index (χ1) is 13.3. The van der Waals surface area contributed by atoms with E-state index < -0.39 is 12.9 Å². The Morgan fingerprint density at radius 1 is 0.571 bits per heavy atom. The first kappa shape index (κ1) is 18.3. The molecule has 4 rings (SSSR count). The van der Waals surface area contributed by atoms with Crippen LogP contribution in [0.15, 0.2) is 48.5 Å². The average Bonchev–Trinajstić information content (AvgIpc) is 2.70. The van der Waals surface area contributed by atoms with Crippen LogP contribution >= 0.6 is 0 Å². The first-order valence-electron chi connectivity index (χ1n) is 8.88. The summed E-state index contributed by atoms with van der Waals surface area (Å²) in [4.78, 5) is 0. The van der Waals surface area contributed by atoms with Gasteiger partial charge in [-0.3, -0.25) is 0 Å². The van der Waals surface area contributed by atoms with E-state index in [1.54, 1.807) is 15.7 Å². The molecule has 0 unspecified atom stereocenters. The highest BCUT2D eigenvalue weighted by atomic mass is 16.4. The summed E-state index contributed by atoms with van der Waals surface area (Å²) < 4.78 is 0. The molecule has 0 bridgehead atoms. The molecule has 5 N–H and O–H groups in total. The fourth-order valence-corrected chi connectivity index (χ4v) is 4.07. The summed E-state index contributed by atoms with van der Waals surface area (Å²) in [7, 11) is 1.69. The summed E-state index contributed by atoms with van der Waals surface area (Å²) in [5, 5.41) is 53.7. The van der Waals surface area contributed by atoms with E-state index in [0.29, 0.717) is 32.7 Å². The standard InChI is InChI=1S/C20H17B3O5/c21-15-14(16(22)19(25)20(26)18(15)24)13-9-5-1-3-7-11(9)17(23(27)28)12-8-4-2-6-10(12)13/h1-8,24-28H,21-22H2. The van der Waals surface area contributed by atoms with Gasteiger partial charge in [0.15, 0.2) is 17.2 Å². The molecule has 0 saturated carbocycles. The molecular formula is C20H17B3O5. The van der Waals surface area contributed by atoms with Crippen LogP contribution in [0.5, 0.6) is 17.2 Å². The maximum absolute atomic E-state index is 10.4. The topological polar surface area (TPSA) is 101 Å². The third-order valence-electron chi connectivity index (χ3n) is 5.39. The summed E-state index contributed by atoms with van der Waals surface area (Å²) in [5.41, 5.74) is 2.61. The molecule has 0 saturated heterocycles. The van der Waals surface area contributed by atoms with Crippen molar-refractivity contribution in [2.24, 2.45) is 0 Å². The van der Waals surface area contributed by atoms with E-state index >= 15 is 0 Å². The van der Waals surface area contributed by atoms with E-state index in [9.17, 15) is 25.4 Å². The Bertz CT molecular complexity index is 1170. The third-order valence-corrected chi connectivity index (χ3v) is 5.39. The Morgan fingerprint density at radius 3 is 1.36 bits per heavy atom. The van der Waals surface area contributed by atoms with E-state index in [2.05, 4.69) is 0 Å². The molecular weight excluding hydrogens is 353 g/mol. The molecule has 8 heteroatoms. The monoisotopic (exact) mass is 370 g/mol. The third kappa shape index (κ3) is 2.46. The second-order valence-electron chi connectivity index (χ2n) is 6.92. The minimum absolute atomic E-state index is 0.377. The van der Waals surface area contributed by atoms with E-state index in [1.807, 2.05) is 48.5 Å². The summed E-state index contributed by atoms with van der Waals surface area (Å²) in [5.74, 6) is -1.30. The van der Waals surface area contributed by atoms with Crippen molar-refractivity contribution >= 4 is 60.7 Å². The smallest absolute Gasteiger partial charge is 0.489 e. The number of benzene rings is 4. The molecule has 136 valence electrons. The SMILES string of the molecule is Bc1c(O)c(O)c(O)c(B)c1-c1c2ccccc2c(B(O)O)c2ccccc12. The quantitative estimate of drug-likeness (QED) is 0.177. The van der Waals surface area contributed by atoms with Gasteiger partial charge < -0.3 is 25.4 Å². The number of phenolic OH excluding ortho intramolecular Hbond substituents is 3. The van der Waals surface area contributed by atoms with Crippen molar-refractivity contribution < 1.29 is 25.4 Å². The van der Waals surface area contributed by atoms with Gasteiger partial charge in [0.1, 0.15) is 15.7 Å². The Balaban J connectivity index is 2.32. The molecule has 0 amide bonds. The summed E-state index contributed by atoms with van der Waals surface area (Å²) in [6, 6.07) is 14.7. The zero-order valence-corrected chi connectivity index (χ0v) is 15.4. The van der Waals surface area contributed by atoms with Crippen LogP contribution in [-0.2, 0) is 0 Å². The molecule has 0 aromatic heterocycles. The molecule has 0 aliphatic carbocycles. The lowest BCUT2D eigenvalue weighted by Crippen LogP contribution is -2.32. The van der Waals surface area contributed by atoms with Crippen LogP contribution in [0.4, 0.5) is 0 Å². The molecule has 4 aromatic carbocycles. The molecule has 0 atom stereocenters. The predicted octanol–water partition coefficient (Wildman–Crippen LogP) is -1.03. The molecule has 0 fully saturated rings. The van der Waals surface area contributed by atoms with Crippen LogP contribution in [-0.4, -0.2) is 48.2 Å². The van der Waals surface area contributed by atoms with Crippen LogP contribution in [0.1, 0.15) is 0 Å². The molecule has 0 radical (unpaired) electrons. The van der Waals surface area contributed by atoms with Gasteiger partial charge in [0, 0.05) is 0 Å². The van der Waals surface area contributed by atoms with Gasteiger partial charge in [-0.15, -0.1) is 0 Å². The van der Waals surface area contributed by atoms with Crippen LogP contribution in [0.2, 0.25) is 0 Å². The largest absolute Gasteiger partial charge is 0.505 e. The maximum atomic E-state index is 10.4. The minimum Gasteiger partial charge on any atom is -0.505 e. The van der Waals surface area contributed by atoms with Crippen LogP contribution < -0.4 is 16.4 Å². The van der Waals surface area contributed by atoms with Crippen molar-refractivity contribution in [3.63, 3.8) is 0 Å². The number of fused-ring (bicyclic) bond motifs is 2. The van der Waals surface area contributed by atoms with Crippen molar-refractivity contribution in [1.29, 1.82) is 0 Å². The van der Waals surface area contributed by atoms with Crippen LogP contribution in [0.3, 0.4) is 0 Å². The fraction of sp³-hybridized carbons (Fsp3) is 0. The second-order valence-corrected chi connectivity index (χ2v) is 6.92. The van der Waals surface area contributed by atoms with Gasteiger partial charge in [0.05, 0.1) is 0 Å². The highest BCUT2D eigenvalue weighted by Gasteiger charge is 2.26. The van der Waals surface area contributed by atoms with Gasteiger partial charge in [-0.1, -0.05) is 48.5 Å². The first-order valence-corrected chi connectivity index (χ1v) is 8.88. The number of rotatable bonds is 2. The van der Waals surface area contributed by atoms with Gasteiger partial charge in [0.2, 0.25) is 0 Å². The van der Waals surface area contributed by atoms with Crippen LogP contribution in [0, 0.1) is 0 Å². The highest BCUT2D eigenvalue weighted by molar-refractivity contribution is 6.66. The van der Waals surface area contributed by atoms with Crippen molar-refractivity contribution in [3.05, 3.63) is 48.5 Å². The fourth-order valence-electron chi connectivity index (χ4n) is 4.07. The Morgan fingerprint density at radius 2 is 0.964 bits per heavy atom. The number of aromatic hydroxyl groups is 3. The van der Waals surface area contributed by atoms with Gasteiger partial charge >= 0.3 is 7.12 Å². The average molecular weight is 370 g/mol. The van der Waals surface area contributed by atoms with E-state index in [1.165, 1.54) is 0 Å².